The van der Waals surface area contributed by atoms with Crippen LogP contribution in [0.2, 0.25) is 0 Å². The Morgan fingerprint density at radius 2 is 1.16 bits per heavy atom. The third kappa shape index (κ3) is 22.6. The molecule has 0 aliphatic rings. The van der Waals surface area contributed by atoms with Crippen LogP contribution in [0.1, 0.15) is 136 Å². The molecule has 0 rings (SSSR count). The summed E-state index contributed by atoms with van der Waals surface area (Å²) in [7, 11) is 1.81. The molecule has 228 valence electrons. The fourth-order valence-corrected chi connectivity index (χ4v) is 6.82. The number of aliphatic hydroxyl groups is 1. The van der Waals surface area contributed by atoms with Crippen molar-refractivity contribution in [1.82, 2.24) is 0 Å². The lowest BCUT2D eigenvalue weighted by Crippen LogP contribution is -2.45. The third-order valence-electron chi connectivity index (χ3n) is 7.20. The Balaban J connectivity index is 3.47. The number of rotatable bonds is 28. The van der Waals surface area contributed by atoms with E-state index in [2.05, 4.69) is 19.1 Å². The number of hydrogen-bond donors (Lipinski definition) is 2. The molecule has 0 saturated heterocycles. The molecule has 2 N–H and O–H groups in total. The van der Waals surface area contributed by atoms with Gasteiger partial charge in [0.1, 0.15) is 6.10 Å². The molecule has 0 spiro atoms. The molecule has 7 heteroatoms. The topological polar surface area (TPSA) is 76.0 Å². The summed E-state index contributed by atoms with van der Waals surface area (Å²) in [4.78, 5) is 10.3. The minimum absolute atomic E-state index is 0.133. The van der Waals surface area contributed by atoms with Crippen molar-refractivity contribution in [2.45, 2.75) is 148 Å². The zero-order chi connectivity index (χ0) is 28.5. The number of nitrogens with zero attached hydrogens (tertiary/aromatic N) is 1. The van der Waals surface area contributed by atoms with E-state index in [0.717, 1.165) is 12.8 Å². The summed E-state index contributed by atoms with van der Waals surface area (Å²) >= 11 is 0. The van der Waals surface area contributed by atoms with Crippen molar-refractivity contribution in [3.8, 4) is 0 Å². The summed E-state index contributed by atoms with van der Waals surface area (Å²) in [6.45, 7) is 4.71. The highest BCUT2D eigenvalue weighted by atomic mass is 31.2. The second-order valence-corrected chi connectivity index (χ2v) is 13.9. The first-order valence-electron chi connectivity index (χ1n) is 15.8. The van der Waals surface area contributed by atoms with E-state index in [0.29, 0.717) is 17.5 Å². The van der Waals surface area contributed by atoms with Crippen molar-refractivity contribution in [3.63, 3.8) is 0 Å². The van der Waals surface area contributed by atoms with Crippen molar-refractivity contribution in [2.24, 2.45) is 0 Å². The van der Waals surface area contributed by atoms with Gasteiger partial charge in [0.25, 0.3) is 0 Å². The standard InChI is InChI=1S/C31H64NO5P/c1-6-8-9-10-11-12-13-14-15-16-17-18-19-20-21-22-23-24-25-26-27-36-28-30(33)29-37-38(34,35)31(7-2)32(3,4)5/h17-18,30-31,33H,6-16,19-29H2,1-5H3/p+1/b18-17-/t30-,31?/m1/s1. The number of unbranched alkanes of at least 4 members (excludes halogenated alkanes) is 16. The van der Waals surface area contributed by atoms with Crippen LogP contribution < -0.4 is 0 Å². The van der Waals surface area contributed by atoms with Gasteiger partial charge in [-0.1, -0.05) is 109 Å². The van der Waals surface area contributed by atoms with Crippen molar-refractivity contribution in [1.29, 1.82) is 0 Å². The van der Waals surface area contributed by atoms with Gasteiger partial charge in [0.15, 0.2) is 5.78 Å². The lowest BCUT2D eigenvalue weighted by Gasteiger charge is -2.35. The van der Waals surface area contributed by atoms with Crippen LogP contribution in [0.25, 0.3) is 0 Å². The summed E-state index contributed by atoms with van der Waals surface area (Å²) < 4.78 is 23.6. The van der Waals surface area contributed by atoms with Gasteiger partial charge in [0.05, 0.1) is 34.4 Å². The first-order chi connectivity index (χ1) is 18.1. The van der Waals surface area contributed by atoms with Crippen LogP contribution in [0.15, 0.2) is 12.2 Å². The zero-order valence-electron chi connectivity index (χ0n) is 25.9. The van der Waals surface area contributed by atoms with E-state index in [-0.39, 0.29) is 13.2 Å². The molecule has 0 aliphatic heterocycles. The fraction of sp³-hybridized carbons (Fsp3) is 0.935. The second kappa shape index (κ2) is 24.6. The van der Waals surface area contributed by atoms with Crippen LogP contribution in [0.3, 0.4) is 0 Å². The van der Waals surface area contributed by atoms with Gasteiger partial charge in [-0.25, -0.2) is 0 Å². The molecule has 38 heavy (non-hydrogen) atoms. The van der Waals surface area contributed by atoms with Gasteiger partial charge in [0.2, 0.25) is 0 Å². The quantitative estimate of drug-likeness (QED) is 0.0432. The van der Waals surface area contributed by atoms with Gasteiger partial charge < -0.3 is 23.7 Å². The lowest BCUT2D eigenvalue weighted by molar-refractivity contribution is -0.883. The molecule has 0 radical (unpaired) electrons. The monoisotopic (exact) mass is 562 g/mol. The average molecular weight is 563 g/mol. The van der Waals surface area contributed by atoms with E-state index in [9.17, 15) is 14.6 Å². The maximum absolute atomic E-state index is 12.5. The molecule has 0 aromatic carbocycles. The number of aliphatic hydroxyl groups excluding tert-OH is 1. The summed E-state index contributed by atoms with van der Waals surface area (Å²) in [5.74, 6) is -0.513. The van der Waals surface area contributed by atoms with Gasteiger partial charge >= 0.3 is 7.60 Å². The predicted molar refractivity (Wildman–Crippen MR) is 163 cm³/mol. The average Bonchev–Trinajstić information content (AvgIpc) is 2.85. The van der Waals surface area contributed by atoms with Gasteiger partial charge in [0, 0.05) is 13.0 Å². The molecule has 0 bridgehead atoms. The molecular formula is C31H65NO5P+. The van der Waals surface area contributed by atoms with Gasteiger partial charge in [-0.15, -0.1) is 0 Å². The minimum atomic E-state index is -3.81. The smallest absolute Gasteiger partial charge is 0.385 e. The molecule has 0 aromatic rings. The summed E-state index contributed by atoms with van der Waals surface area (Å²) in [5, 5.41) is 10.0. The zero-order valence-corrected chi connectivity index (χ0v) is 26.8. The molecular weight excluding hydrogens is 497 g/mol. The van der Waals surface area contributed by atoms with Gasteiger partial charge in [-0.05, 0) is 32.1 Å². The Bertz CT molecular complexity index is 593. The maximum atomic E-state index is 12.5. The Morgan fingerprint density at radius 3 is 1.61 bits per heavy atom. The normalized spacial score (nSPS) is 15.7. The van der Waals surface area contributed by atoms with E-state index in [1.807, 2.05) is 28.1 Å². The van der Waals surface area contributed by atoms with Crippen LogP contribution in [0.4, 0.5) is 0 Å². The predicted octanol–water partition coefficient (Wildman–Crippen LogP) is 8.61. The van der Waals surface area contributed by atoms with Crippen LogP contribution in [-0.4, -0.2) is 67.3 Å². The van der Waals surface area contributed by atoms with Crippen LogP contribution in [0, 0.1) is 0 Å². The van der Waals surface area contributed by atoms with Crippen molar-refractivity contribution < 1.29 is 28.3 Å². The Kier molecular flexibility index (Phi) is 24.4. The summed E-state index contributed by atoms with van der Waals surface area (Å²) in [6.07, 6.45) is 28.0. The molecule has 0 saturated carbocycles. The van der Waals surface area contributed by atoms with Gasteiger partial charge in [-0.3, -0.25) is 4.57 Å². The van der Waals surface area contributed by atoms with Crippen molar-refractivity contribution in [3.05, 3.63) is 12.2 Å². The minimum Gasteiger partial charge on any atom is -0.388 e. The highest BCUT2D eigenvalue weighted by molar-refractivity contribution is 7.53. The van der Waals surface area contributed by atoms with E-state index < -0.39 is 19.5 Å². The van der Waals surface area contributed by atoms with E-state index in [1.54, 1.807) is 0 Å². The number of hydrogen-bond acceptors (Lipinski definition) is 4. The molecule has 0 aliphatic carbocycles. The lowest BCUT2D eigenvalue weighted by atomic mass is 10.1. The highest BCUT2D eigenvalue weighted by Crippen LogP contribution is 2.51. The maximum Gasteiger partial charge on any atom is 0.385 e. The third-order valence-corrected chi connectivity index (χ3v) is 9.53. The highest BCUT2D eigenvalue weighted by Gasteiger charge is 2.41. The molecule has 0 fully saturated rings. The molecule has 0 amide bonds. The SMILES string of the molecule is CCCCCCCCCCC/C=C\CCCCCCCCCOC[C@@H](O)COP(=O)(O)C(CC)[N+](C)(C)C. The second-order valence-electron chi connectivity index (χ2n) is 11.9. The van der Waals surface area contributed by atoms with Crippen LogP contribution in [-0.2, 0) is 13.8 Å². The number of quaternary nitrogens is 1. The van der Waals surface area contributed by atoms with Gasteiger partial charge in [-0.2, -0.15) is 0 Å². The molecule has 6 nitrogen and oxygen atoms in total. The molecule has 0 aromatic heterocycles. The Labute approximate surface area is 236 Å². The summed E-state index contributed by atoms with van der Waals surface area (Å²) in [6, 6.07) is 0. The first-order valence-corrected chi connectivity index (χ1v) is 17.5. The largest absolute Gasteiger partial charge is 0.388 e. The number of allylic oxidation sites excluding steroid dienone is 2. The van der Waals surface area contributed by atoms with E-state index in [4.69, 9.17) is 9.26 Å². The van der Waals surface area contributed by atoms with Crippen molar-refractivity contribution in [2.75, 3.05) is 41.0 Å². The number of ether oxygens (including phenoxy) is 1. The van der Waals surface area contributed by atoms with E-state index >= 15 is 0 Å². The Morgan fingerprint density at radius 1 is 0.711 bits per heavy atom. The van der Waals surface area contributed by atoms with Crippen LogP contribution in [0.5, 0.6) is 0 Å². The summed E-state index contributed by atoms with van der Waals surface area (Å²) in [5.41, 5.74) is 0. The molecule has 0 heterocycles. The van der Waals surface area contributed by atoms with E-state index in [1.165, 1.54) is 103 Å². The Hall–Kier alpha value is -0.230. The molecule has 2 unspecified atom stereocenters. The molecule has 3 atom stereocenters. The fourth-order valence-electron chi connectivity index (χ4n) is 4.92. The van der Waals surface area contributed by atoms with Crippen LogP contribution >= 0.6 is 7.60 Å². The first kappa shape index (κ1) is 37.8. The van der Waals surface area contributed by atoms with Crippen molar-refractivity contribution >= 4 is 7.60 Å².